The smallest absolute Gasteiger partial charge is 0.0435 e. The summed E-state index contributed by atoms with van der Waals surface area (Å²) in [6.45, 7) is 6.35. The molecule has 0 aliphatic heterocycles. The molecule has 0 heterocycles. The summed E-state index contributed by atoms with van der Waals surface area (Å²) in [5, 5.41) is 0.834. The van der Waals surface area contributed by atoms with E-state index in [4.69, 9.17) is 23.2 Å². The zero-order valence-corrected chi connectivity index (χ0v) is 11.6. The van der Waals surface area contributed by atoms with Gasteiger partial charge in [-0.3, -0.25) is 0 Å². The molecule has 0 amide bonds. The minimum atomic E-state index is 0.134. The lowest BCUT2D eigenvalue weighted by molar-refractivity contribution is 0.810. The van der Waals surface area contributed by atoms with Gasteiger partial charge in [-0.15, -0.1) is 23.4 Å². The standard InChI is InChI=1S/C12H16Cl2S/c1-9-6-10(4-5-11(9)14)7-15-12(2,3)8-13/h4-6H,7-8H2,1-3H3. The van der Waals surface area contributed by atoms with Crippen LogP contribution in [-0.4, -0.2) is 10.6 Å². The maximum Gasteiger partial charge on any atom is 0.0435 e. The Morgan fingerprint density at radius 2 is 2.00 bits per heavy atom. The lowest BCUT2D eigenvalue weighted by Crippen LogP contribution is -2.16. The third-order valence-corrected chi connectivity index (χ3v) is 4.83. The molecule has 0 saturated carbocycles. The minimum absolute atomic E-state index is 0.134. The highest BCUT2D eigenvalue weighted by atomic mass is 35.5. The second kappa shape index (κ2) is 5.47. The first-order valence-electron chi connectivity index (χ1n) is 4.89. The van der Waals surface area contributed by atoms with Gasteiger partial charge < -0.3 is 0 Å². The van der Waals surface area contributed by atoms with E-state index < -0.39 is 0 Å². The second-order valence-corrected chi connectivity index (χ2v) is 6.62. The Morgan fingerprint density at radius 1 is 1.33 bits per heavy atom. The van der Waals surface area contributed by atoms with E-state index in [1.165, 1.54) is 5.56 Å². The first kappa shape index (κ1) is 13.2. The largest absolute Gasteiger partial charge is 0.150 e. The van der Waals surface area contributed by atoms with E-state index in [0.29, 0.717) is 5.88 Å². The van der Waals surface area contributed by atoms with Crippen molar-refractivity contribution in [3.63, 3.8) is 0 Å². The molecule has 1 aromatic rings. The fraction of sp³-hybridized carbons (Fsp3) is 0.500. The lowest BCUT2D eigenvalue weighted by Gasteiger charge is -2.20. The molecule has 0 fully saturated rings. The molecule has 84 valence electrons. The number of alkyl halides is 1. The van der Waals surface area contributed by atoms with Crippen LogP contribution in [0.1, 0.15) is 25.0 Å². The molecule has 0 unspecified atom stereocenters. The Hall–Kier alpha value is 0.150. The van der Waals surface area contributed by atoms with Crippen molar-refractivity contribution in [3.8, 4) is 0 Å². The van der Waals surface area contributed by atoms with Crippen LogP contribution in [0.4, 0.5) is 0 Å². The summed E-state index contributed by atoms with van der Waals surface area (Å²) >= 11 is 13.7. The average molecular weight is 263 g/mol. The van der Waals surface area contributed by atoms with E-state index in [9.17, 15) is 0 Å². The summed E-state index contributed by atoms with van der Waals surface area (Å²) in [4.78, 5) is 0. The van der Waals surface area contributed by atoms with E-state index in [0.717, 1.165) is 16.3 Å². The number of hydrogen-bond donors (Lipinski definition) is 0. The van der Waals surface area contributed by atoms with Crippen molar-refractivity contribution in [1.29, 1.82) is 0 Å². The van der Waals surface area contributed by atoms with Gasteiger partial charge in [0.05, 0.1) is 0 Å². The first-order valence-corrected chi connectivity index (χ1v) is 6.79. The van der Waals surface area contributed by atoms with Crippen molar-refractivity contribution in [3.05, 3.63) is 34.3 Å². The predicted molar refractivity (Wildman–Crippen MR) is 72.3 cm³/mol. The highest BCUT2D eigenvalue weighted by molar-refractivity contribution is 7.99. The number of thioether (sulfide) groups is 1. The predicted octanol–water partition coefficient (Wildman–Crippen LogP) is 4.90. The van der Waals surface area contributed by atoms with Crippen molar-refractivity contribution in [2.75, 3.05) is 5.88 Å². The molecule has 1 rings (SSSR count). The SMILES string of the molecule is Cc1cc(CSC(C)(C)CCl)ccc1Cl. The molecule has 0 saturated heterocycles. The van der Waals surface area contributed by atoms with E-state index in [1.807, 2.05) is 24.8 Å². The van der Waals surface area contributed by atoms with Gasteiger partial charge in [-0.1, -0.05) is 23.7 Å². The highest BCUT2D eigenvalue weighted by Gasteiger charge is 2.16. The van der Waals surface area contributed by atoms with Crippen molar-refractivity contribution < 1.29 is 0 Å². The zero-order valence-electron chi connectivity index (χ0n) is 9.31. The van der Waals surface area contributed by atoms with Gasteiger partial charge in [0.1, 0.15) is 0 Å². The monoisotopic (exact) mass is 262 g/mol. The number of benzene rings is 1. The topological polar surface area (TPSA) is 0 Å². The van der Waals surface area contributed by atoms with E-state index in [1.54, 1.807) is 0 Å². The lowest BCUT2D eigenvalue weighted by atomic mass is 10.2. The van der Waals surface area contributed by atoms with Gasteiger partial charge in [-0.25, -0.2) is 0 Å². The Bertz CT molecular complexity index is 334. The van der Waals surface area contributed by atoms with Gasteiger partial charge >= 0.3 is 0 Å². The van der Waals surface area contributed by atoms with Crippen LogP contribution in [0.15, 0.2) is 18.2 Å². The summed E-state index contributed by atoms with van der Waals surface area (Å²) in [6.07, 6.45) is 0. The van der Waals surface area contributed by atoms with Crippen LogP contribution in [0, 0.1) is 6.92 Å². The van der Waals surface area contributed by atoms with Crippen LogP contribution in [0.3, 0.4) is 0 Å². The van der Waals surface area contributed by atoms with Crippen LogP contribution in [-0.2, 0) is 5.75 Å². The van der Waals surface area contributed by atoms with E-state index >= 15 is 0 Å². The quantitative estimate of drug-likeness (QED) is 0.696. The molecule has 0 aromatic heterocycles. The Labute approximate surface area is 106 Å². The number of hydrogen-bond acceptors (Lipinski definition) is 1. The Kier molecular flexibility index (Phi) is 4.82. The molecule has 0 radical (unpaired) electrons. The Balaban J connectivity index is 2.62. The highest BCUT2D eigenvalue weighted by Crippen LogP contribution is 2.30. The van der Waals surface area contributed by atoms with Crippen molar-refractivity contribution in [1.82, 2.24) is 0 Å². The van der Waals surface area contributed by atoms with Crippen LogP contribution in [0.25, 0.3) is 0 Å². The fourth-order valence-electron chi connectivity index (χ4n) is 1.11. The van der Waals surface area contributed by atoms with E-state index in [2.05, 4.69) is 26.0 Å². The number of halogens is 2. The van der Waals surface area contributed by atoms with Crippen molar-refractivity contribution >= 4 is 35.0 Å². The molecule has 0 aliphatic carbocycles. The molecule has 15 heavy (non-hydrogen) atoms. The molecular weight excluding hydrogens is 247 g/mol. The molecule has 0 N–H and O–H groups in total. The van der Waals surface area contributed by atoms with Gasteiger partial charge in [0.25, 0.3) is 0 Å². The average Bonchev–Trinajstić information content (AvgIpc) is 2.20. The number of aryl methyl sites for hydroxylation is 1. The summed E-state index contributed by atoms with van der Waals surface area (Å²) in [6, 6.07) is 6.17. The first-order chi connectivity index (χ1) is 6.94. The van der Waals surface area contributed by atoms with Crippen molar-refractivity contribution in [2.45, 2.75) is 31.3 Å². The minimum Gasteiger partial charge on any atom is -0.150 e. The van der Waals surface area contributed by atoms with Gasteiger partial charge in [-0.2, -0.15) is 0 Å². The normalized spacial score (nSPS) is 11.8. The van der Waals surface area contributed by atoms with Crippen LogP contribution >= 0.6 is 35.0 Å². The second-order valence-electron chi connectivity index (χ2n) is 4.27. The van der Waals surface area contributed by atoms with Gasteiger partial charge in [-0.05, 0) is 38.0 Å². The van der Waals surface area contributed by atoms with Gasteiger partial charge in [0.15, 0.2) is 0 Å². The third-order valence-electron chi connectivity index (χ3n) is 2.17. The molecule has 1 aromatic carbocycles. The maximum absolute atomic E-state index is 5.97. The fourth-order valence-corrected chi connectivity index (χ4v) is 2.28. The Morgan fingerprint density at radius 3 is 2.53 bits per heavy atom. The summed E-state index contributed by atoms with van der Waals surface area (Å²) in [7, 11) is 0. The number of rotatable bonds is 4. The molecule has 0 bridgehead atoms. The molecule has 0 aliphatic rings. The summed E-state index contributed by atoms with van der Waals surface area (Å²) in [5.74, 6) is 1.65. The van der Waals surface area contributed by atoms with Crippen LogP contribution < -0.4 is 0 Å². The molecule has 0 atom stereocenters. The third kappa shape index (κ3) is 4.26. The van der Waals surface area contributed by atoms with Crippen LogP contribution in [0.2, 0.25) is 5.02 Å². The molecule has 0 spiro atoms. The summed E-state index contributed by atoms with van der Waals surface area (Å²) in [5.41, 5.74) is 2.44. The summed E-state index contributed by atoms with van der Waals surface area (Å²) < 4.78 is 0.134. The zero-order chi connectivity index (χ0) is 11.5. The molecular formula is C12H16Cl2S. The van der Waals surface area contributed by atoms with Gasteiger partial charge in [0.2, 0.25) is 0 Å². The van der Waals surface area contributed by atoms with Gasteiger partial charge in [0, 0.05) is 21.4 Å². The van der Waals surface area contributed by atoms with Crippen LogP contribution in [0.5, 0.6) is 0 Å². The molecule has 0 nitrogen and oxygen atoms in total. The molecule has 3 heteroatoms. The van der Waals surface area contributed by atoms with Crippen molar-refractivity contribution in [2.24, 2.45) is 0 Å². The van der Waals surface area contributed by atoms with E-state index in [-0.39, 0.29) is 4.75 Å². The maximum atomic E-state index is 5.97.